The summed E-state index contributed by atoms with van der Waals surface area (Å²) in [6.45, 7) is 4.08. The molecule has 8 nitrogen and oxygen atoms in total. The molecule has 0 aliphatic carbocycles. The van der Waals surface area contributed by atoms with E-state index < -0.39 is 0 Å². The molecule has 0 bridgehead atoms. The molecular formula is C27H29N7OS. The number of fused-ring (bicyclic) bond motifs is 1. The van der Waals surface area contributed by atoms with E-state index in [2.05, 4.69) is 80.4 Å². The lowest BCUT2D eigenvalue weighted by Gasteiger charge is -2.34. The van der Waals surface area contributed by atoms with Gasteiger partial charge in [-0.25, -0.2) is 9.99 Å². The quantitative estimate of drug-likeness (QED) is 0.428. The number of likely N-dealkylation sites (N-methyl/N-ethyl adjacent to an activating group) is 1. The number of ether oxygens (including phenoxy) is 1. The van der Waals surface area contributed by atoms with Crippen molar-refractivity contribution >= 4 is 45.2 Å². The molecule has 9 heteroatoms. The Kier molecular flexibility index (Phi) is 5.94. The van der Waals surface area contributed by atoms with Crippen LogP contribution >= 0.6 is 11.3 Å². The third-order valence-electron chi connectivity index (χ3n) is 6.91. The maximum atomic E-state index is 6.16. The van der Waals surface area contributed by atoms with Crippen molar-refractivity contribution in [2.75, 3.05) is 56.0 Å². The first-order valence-electron chi connectivity index (χ1n) is 12.2. The van der Waals surface area contributed by atoms with E-state index >= 15 is 0 Å². The molecule has 6 rings (SSSR count). The maximum absolute atomic E-state index is 6.16. The largest absolute Gasteiger partial charge is 0.495 e. The molecule has 2 aromatic heterocycles. The SMILES string of the molecule is COc1cc(-c2cc3nc(N)nc(N4N=CCC4c4ccccc4)c3s2)ccc1N1CCN(C)CC1. The summed E-state index contributed by atoms with van der Waals surface area (Å²) in [6, 6.07) is 19.0. The highest BCUT2D eigenvalue weighted by atomic mass is 32.1. The van der Waals surface area contributed by atoms with Gasteiger partial charge in [0.25, 0.3) is 0 Å². The second kappa shape index (κ2) is 9.40. The van der Waals surface area contributed by atoms with E-state index in [0.717, 1.165) is 70.5 Å². The summed E-state index contributed by atoms with van der Waals surface area (Å²) in [7, 11) is 3.90. The van der Waals surface area contributed by atoms with Gasteiger partial charge in [-0.05, 0) is 36.4 Å². The zero-order chi connectivity index (χ0) is 24.6. The molecule has 2 aromatic carbocycles. The minimum Gasteiger partial charge on any atom is -0.495 e. The monoisotopic (exact) mass is 499 g/mol. The minimum absolute atomic E-state index is 0.0808. The van der Waals surface area contributed by atoms with Gasteiger partial charge < -0.3 is 20.3 Å². The summed E-state index contributed by atoms with van der Waals surface area (Å²) in [5, 5.41) is 6.65. The Labute approximate surface area is 214 Å². The Bertz CT molecular complexity index is 1410. The van der Waals surface area contributed by atoms with Crippen molar-refractivity contribution in [3.05, 3.63) is 60.2 Å². The molecule has 1 atom stereocenters. The Morgan fingerprint density at radius 3 is 2.58 bits per heavy atom. The maximum Gasteiger partial charge on any atom is 0.222 e. The molecular weight excluding hydrogens is 470 g/mol. The molecule has 184 valence electrons. The molecule has 4 aromatic rings. The van der Waals surface area contributed by atoms with Crippen LogP contribution in [0.1, 0.15) is 18.0 Å². The summed E-state index contributed by atoms with van der Waals surface area (Å²) in [6.07, 6.45) is 2.76. The van der Waals surface area contributed by atoms with Gasteiger partial charge in [-0.2, -0.15) is 10.1 Å². The Hall–Kier alpha value is -3.69. The van der Waals surface area contributed by atoms with Gasteiger partial charge in [0, 0.05) is 43.7 Å². The van der Waals surface area contributed by atoms with Gasteiger partial charge in [0.2, 0.25) is 5.95 Å². The normalized spacial score (nSPS) is 18.3. The number of hydrogen-bond donors (Lipinski definition) is 1. The molecule has 1 fully saturated rings. The fourth-order valence-electron chi connectivity index (χ4n) is 4.94. The van der Waals surface area contributed by atoms with Crippen molar-refractivity contribution in [2.24, 2.45) is 5.10 Å². The number of anilines is 3. The summed E-state index contributed by atoms with van der Waals surface area (Å²) >= 11 is 1.66. The van der Waals surface area contributed by atoms with Crippen molar-refractivity contribution in [3.63, 3.8) is 0 Å². The van der Waals surface area contributed by atoms with Crippen LogP contribution in [0.5, 0.6) is 5.75 Å². The third kappa shape index (κ3) is 4.14. The lowest BCUT2D eigenvalue weighted by molar-refractivity contribution is 0.311. The summed E-state index contributed by atoms with van der Waals surface area (Å²) < 4.78 is 6.80. The topological polar surface area (TPSA) is 83.1 Å². The van der Waals surface area contributed by atoms with E-state index in [0.29, 0.717) is 0 Å². The van der Waals surface area contributed by atoms with E-state index in [1.54, 1.807) is 18.4 Å². The Balaban J connectivity index is 1.37. The standard InChI is InChI=1S/C27H29N7OS/c1-32-12-14-33(15-13-32)22-9-8-19(16-23(22)35-2)24-17-20-25(36-24)26(31-27(28)30-20)34-21(10-11-29-34)18-6-4-3-5-7-18/h3-9,11,16-17,21H,10,12-15H2,1-2H3,(H2,28,30,31). The van der Waals surface area contributed by atoms with E-state index in [4.69, 9.17) is 10.5 Å². The highest BCUT2D eigenvalue weighted by Gasteiger charge is 2.28. The molecule has 0 spiro atoms. The summed E-state index contributed by atoms with van der Waals surface area (Å²) in [4.78, 5) is 15.0. The lowest BCUT2D eigenvalue weighted by Crippen LogP contribution is -2.44. The molecule has 0 amide bonds. The minimum atomic E-state index is 0.0808. The van der Waals surface area contributed by atoms with Crippen molar-refractivity contribution in [1.82, 2.24) is 14.9 Å². The van der Waals surface area contributed by atoms with Crippen molar-refractivity contribution in [2.45, 2.75) is 12.5 Å². The molecule has 36 heavy (non-hydrogen) atoms. The smallest absolute Gasteiger partial charge is 0.222 e. The molecule has 2 N–H and O–H groups in total. The van der Waals surface area contributed by atoms with Gasteiger partial charge in [0.05, 0.1) is 29.1 Å². The number of methoxy groups -OCH3 is 1. The van der Waals surface area contributed by atoms with Gasteiger partial charge in [-0.15, -0.1) is 11.3 Å². The van der Waals surface area contributed by atoms with Gasteiger partial charge in [-0.3, -0.25) is 0 Å². The summed E-state index contributed by atoms with van der Waals surface area (Å²) in [5.74, 6) is 1.88. The highest BCUT2D eigenvalue weighted by molar-refractivity contribution is 7.22. The molecule has 1 unspecified atom stereocenters. The number of benzene rings is 2. The van der Waals surface area contributed by atoms with Crippen LogP contribution in [0, 0.1) is 0 Å². The zero-order valence-corrected chi connectivity index (χ0v) is 21.3. The van der Waals surface area contributed by atoms with Crippen LogP contribution in [0.3, 0.4) is 0 Å². The fourth-order valence-corrected chi connectivity index (χ4v) is 6.01. The van der Waals surface area contributed by atoms with Crippen molar-refractivity contribution in [3.8, 4) is 16.2 Å². The zero-order valence-electron chi connectivity index (χ0n) is 20.5. The second-order valence-electron chi connectivity index (χ2n) is 9.21. The Morgan fingerprint density at radius 2 is 1.81 bits per heavy atom. The molecule has 4 heterocycles. The first-order valence-corrected chi connectivity index (χ1v) is 13.0. The van der Waals surface area contributed by atoms with Crippen LogP contribution in [0.4, 0.5) is 17.5 Å². The number of hydrogen-bond acceptors (Lipinski definition) is 9. The van der Waals surface area contributed by atoms with E-state index in [1.165, 1.54) is 5.56 Å². The third-order valence-corrected chi connectivity index (χ3v) is 8.08. The molecule has 0 radical (unpaired) electrons. The average Bonchev–Trinajstić information content (AvgIpc) is 3.56. The Morgan fingerprint density at radius 1 is 1.00 bits per heavy atom. The van der Waals surface area contributed by atoms with Crippen LogP contribution in [-0.4, -0.2) is 61.4 Å². The second-order valence-corrected chi connectivity index (χ2v) is 10.3. The predicted octanol–water partition coefficient (Wildman–Crippen LogP) is 4.64. The van der Waals surface area contributed by atoms with Crippen molar-refractivity contribution < 1.29 is 4.74 Å². The van der Waals surface area contributed by atoms with Crippen molar-refractivity contribution in [1.29, 1.82) is 0 Å². The van der Waals surface area contributed by atoms with Crippen LogP contribution in [0.25, 0.3) is 20.7 Å². The molecule has 2 aliphatic heterocycles. The number of nitrogen functional groups attached to an aromatic ring is 1. The lowest BCUT2D eigenvalue weighted by atomic mass is 10.0. The molecule has 1 saturated heterocycles. The molecule has 0 saturated carbocycles. The number of nitrogens with two attached hydrogens (primary N) is 1. The van der Waals surface area contributed by atoms with Crippen LogP contribution in [0.15, 0.2) is 59.7 Å². The van der Waals surface area contributed by atoms with Crippen LogP contribution in [0.2, 0.25) is 0 Å². The van der Waals surface area contributed by atoms with Gasteiger partial charge >= 0.3 is 0 Å². The highest BCUT2D eigenvalue weighted by Crippen LogP contribution is 2.43. The van der Waals surface area contributed by atoms with Crippen LogP contribution < -0.4 is 20.4 Å². The van der Waals surface area contributed by atoms with Gasteiger partial charge in [0.15, 0.2) is 5.82 Å². The first-order chi connectivity index (χ1) is 17.6. The van der Waals surface area contributed by atoms with Gasteiger partial charge in [0.1, 0.15) is 5.75 Å². The van der Waals surface area contributed by atoms with E-state index in [-0.39, 0.29) is 12.0 Å². The van der Waals surface area contributed by atoms with E-state index in [1.807, 2.05) is 17.3 Å². The number of piperazine rings is 1. The first kappa shape index (κ1) is 22.8. The number of thiophene rings is 1. The fraction of sp³-hybridized carbons (Fsp3) is 0.296. The number of rotatable bonds is 5. The van der Waals surface area contributed by atoms with Crippen LogP contribution in [-0.2, 0) is 0 Å². The van der Waals surface area contributed by atoms with Gasteiger partial charge in [-0.1, -0.05) is 36.4 Å². The summed E-state index contributed by atoms with van der Waals surface area (Å²) in [5.41, 5.74) is 10.4. The average molecular weight is 500 g/mol. The predicted molar refractivity (Wildman–Crippen MR) is 148 cm³/mol. The molecule has 2 aliphatic rings. The number of nitrogens with zero attached hydrogens (tertiary/aromatic N) is 6. The number of hydrazone groups is 1. The van der Waals surface area contributed by atoms with E-state index in [9.17, 15) is 0 Å². The number of aromatic nitrogens is 2.